The summed E-state index contributed by atoms with van der Waals surface area (Å²) >= 11 is 0. The van der Waals surface area contributed by atoms with E-state index >= 15 is 0 Å². The van der Waals surface area contributed by atoms with Gasteiger partial charge >= 0.3 is 0 Å². The summed E-state index contributed by atoms with van der Waals surface area (Å²) in [4.78, 5) is 15.3. The van der Waals surface area contributed by atoms with Gasteiger partial charge in [0.1, 0.15) is 5.75 Å². The van der Waals surface area contributed by atoms with E-state index in [4.69, 9.17) is 4.74 Å². The number of hydrogen-bond donors (Lipinski definition) is 0. The van der Waals surface area contributed by atoms with Crippen LogP contribution in [0.25, 0.3) is 11.1 Å². The van der Waals surface area contributed by atoms with Gasteiger partial charge in [0.05, 0.1) is 4.90 Å². The van der Waals surface area contributed by atoms with Crippen molar-refractivity contribution in [2.75, 3.05) is 6.26 Å². The summed E-state index contributed by atoms with van der Waals surface area (Å²) in [6.07, 6.45) is 3.22. The van der Waals surface area contributed by atoms with E-state index in [1.807, 2.05) is 30.3 Å². The lowest BCUT2D eigenvalue weighted by molar-refractivity contribution is 0.112. The number of aldehydes is 1. The van der Waals surface area contributed by atoms with E-state index < -0.39 is 9.84 Å². The molecule has 0 fully saturated rings. The van der Waals surface area contributed by atoms with Crippen LogP contribution in [0.3, 0.4) is 0 Å². The number of rotatable bonds is 5. The van der Waals surface area contributed by atoms with Gasteiger partial charge in [-0.25, -0.2) is 13.4 Å². The quantitative estimate of drug-likeness (QED) is 0.653. The SMILES string of the molecule is CS(=O)(=O)c1ccc(Oc2ccc(-c3ccccc3C=O)cc2)nc1. The maximum absolute atomic E-state index is 11.4. The third-order valence-corrected chi connectivity index (χ3v) is 4.71. The topological polar surface area (TPSA) is 73.3 Å². The van der Waals surface area contributed by atoms with Crippen molar-refractivity contribution in [3.05, 3.63) is 72.4 Å². The van der Waals surface area contributed by atoms with Crippen LogP contribution in [0, 0.1) is 0 Å². The van der Waals surface area contributed by atoms with Gasteiger partial charge in [0, 0.05) is 24.1 Å². The second-order valence-electron chi connectivity index (χ2n) is 5.44. The minimum Gasteiger partial charge on any atom is -0.439 e. The number of benzene rings is 2. The molecular formula is C19H15NO4S. The molecular weight excluding hydrogens is 338 g/mol. The van der Waals surface area contributed by atoms with Gasteiger partial charge in [-0.1, -0.05) is 36.4 Å². The second-order valence-corrected chi connectivity index (χ2v) is 7.45. The van der Waals surface area contributed by atoms with Crippen molar-refractivity contribution in [3.8, 4) is 22.8 Å². The van der Waals surface area contributed by atoms with Gasteiger partial charge in [-0.3, -0.25) is 4.79 Å². The van der Waals surface area contributed by atoms with Crippen LogP contribution in [-0.4, -0.2) is 25.9 Å². The molecule has 2 aromatic carbocycles. The Balaban J connectivity index is 1.80. The van der Waals surface area contributed by atoms with Crippen LogP contribution in [0.1, 0.15) is 10.4 Å². The van der Waals surface area contributed by atoms with Crippen molar-refractivity contribution in [3.63, 3.8) is 0 Å². The fourth-order valence-electron chi connectivity index (χ4n) is 2.33. The summed E-state index contributed by atoms with van der Waals surface area (Å²) in [7, 11) is -3.28. The van der Waals surface area contributed by atoms with Gasteiger partial charge in [0.25, 0.3) is 0 Å². The zero-order valence-electron chi connectivity index (χ0n) is 13.4. The van der Waals surface area contributed by atoms with Crippen molar-refractivity contribution in [1.29, 1.82) is 0 Å². The highest BCUT2D eigenvalue weighted by Gasteiger charge is 2.08. The smallest absolute Gasteiger partial charge is 0.219 e. The first-order valence-electron chi connectivity index (χ1n) is 7.46. The summed E-state index contributed by atoms with van der Waals surface area (Å²) in [6, 6.07) is 17.5. The number of aromatic nitrogens is 1. The predicted molar refractivity (Wildman–Crippen MR) is 94.7 cm³/mol. The van der Waals surface area contributed by atoms with E-state index in [2.05, 4.69) is 4.98 Å². The van der Waals surface area contributed by atoms with E-state index in [1.165, 1.54) is 18.3 Å². The number of carbonyl (C=O) groups excluding carboxylic acids is 1. The van der Waals surface area contributed by atoms with Crippen LogP contribution >= 0.6 is 0 Å². The fraction of sp³-hybridized carbons (Fsp3) is 0.0526. The van der Waals surface area contributed by atoms with Gasteiger partial charge in [-0.15, -0.1) is 0 Å². The number of hydrogen-bond acceptors (Lipinski definition) is 5. The molecule has 0 spiro atoms. The molecule has 1 heterocycles. The molecule has 0 saturated heterocycles. The van der Waals surface area contributed by atoms with Crippen molar-refractivity contribution in [2.45, 2.75) is 4.90 Å². The van der Waals surface area contributed by atoms with Gasteiger partial charge in [0.2, 0.25) is 5.88 Å². The normalized spacial score (nSPS) is 11.1. The van der Waals surface area contributed by atoms with Gasteiger partial charge in [-0.2, -0.15) is 0 Å². The highest BCUT2D eigenvalue weighted by molar-refractivity contribution is 7.90. The summed E-state index contributed by atoms with van der Waals surface area (Å²) in [5.41, 5.74) is 2.37. The molecule has 1 aromatic heterocycles. The van der Waals surface area contributed by atoms with E-state index in [0.717, 1.165) is 23.7 Å². The molecule has 6 heteroatoms. The molecule has 0 aliphatic carbocycles. The number of carbonyl (C=O) groups is 1. The predicted octanol–water partition coefficient (Wildman–Crippen LogP) is 3.76. The zero-order chi connectivity index (χ0) is 17.9. The minimum absolute atomic E-state index is 0.140. The standard InChI is InChI=1S/C19H15NO4S/c1-25(22,23)17-10-11-19(20-12-17)24-16-8-6-14(7-9-16)18-5-3-2-4-15(18)13-21/h2-13H,1H3. The minimum atomic E-state index is -3.28. The molecule has 0 unspecified atom stereocenters. The molecule has 0 amide bonds. The van der Waals surface area contributed by atoms with Crippen LogP contribution in [-0.2, 0) is 9.84 Å². The Hall–Kier alpha value is -2.99. The third kappa shape index (κ3) is 3.92. The number of ether oxygens (including phenoxy) is 1. The van der Waals surface area contributed by atoms with Crippen LogP contribution in [0.15, 0.2) is 71.8 Å². The molecule has 5 nitrogen and oxygen atoms in total. The molecule has 0 bridgehead atoms. The first kappa shape index (κ1) is 16.9. The van der Waals surface area contributed by atoms with E-state index in [-0.39, 0.29) is 4.90 Å². The molecule has 0 aliphatic rings. The number of pyridine rings is 1. The largest absolute Gasteiger partial charge is 0.439 e. The average molecular weight is 353 g/mol. The first-order chi connectivity index (χ1) is 12.0. The van der Waals surface area contributed by atoms with Gasteiger partial charge in [0.15, 0.2) is 16.1 Å². The lowest BCUT2D eigenvalue weighted by atomic mass is 10.0. The maximum atomic E-state index is 11.4. The van der Waals surface area contributed by atoms with Crippen molar-refractivity contribution >= 4 is 16.1 Å². The lowest BCUT2D eigenvalue weighted by Gasteiger charge is -2.08. The number of sulfone groups is 1. The molecule has 0 saturated carbocycles. The van der Waals surface area contributed by atoms with Crippen LogP contribution in [0.2, 0.25) is 0 Å². The fourth-order valence-corrected chi connectivity index (χ4v) is 2.89. The molecule has 0 aliphatic heterocycles. The van der Waals surface area contributed by atoms with Crippen molar-refractivity contribution in [2.24, 2.45) is 0 Å². The third-order valence-electron chi connectivity index (χ3n) is 3.61. The van der Waals surface area contributed by atoms with E-state index in [0.29, 0.717) is 17.2 Å². The summed E-state index contributed by atoms with van der Waals surface area (Å²) < 4.78 is 28.5. The summed E-state index contributed by atoms with van der Waals surface area (Å²) in [5, 5.41) is 0. The molecule has 0 atom stereocenters. The van der Waals surface area contributed by atoms with E-state index in [1.54, 1.807) is 18.2 Å². The van der Waals surface area contributed by atoms with Crippen molar-refractivity contribution in [1.82, 2.24) is 4.98 Å². The maximum Gasteiger partial charge on any atom is 0.219 e. The first-order valence-corrected chi connectivity index (χ1v) is 9.35. The zero-order valence-corrected chi connectivity index (χ0v) is 14.2. The summed E-state index contributed by atoms with van der Waals surface area (Å²) in [5.74, 6) is 0.861. The Morgan fingerprint density at radius 1 is 0.960 bits per heavy atom. The van der Waals surface area contributed by atoms with Crippen LogP contribution < -0.4 is 4.74 Å². The Morgan fingerprint density at radius 2 is 1.68 bits per heavy atom. The van der Waals surface area contributed by atoms with Gasteiger partial charge in [-0.05, 0) is 29.3 Å². The van der Waals surface area contributed by atoms with Crippen LogP contribution in [0.5, 0.6) is 11.6 Å². The molecule has 3 rings (SSSR count). The molecule has 3 aromatic rings. The average Bonchev–Trinajstić information content (AvgIpc) is 2.62. The monoisotopic (exact) mass is 353 g/mol. The number of nitrogens with zero attached hydrogens (tertiary/aromatic N) is 1. The molecule has 0 N–H and O–H groups in total. The van der Waals surface area contributed by atoms with Crippen molar-refractivity contribution < 1.29 is 17.9 Å². The van der Waals surface area contributed by atoms with E-state index in [9.17, 15) is 13.2 Å². The molecule has 126 valence electrons. The Bertz CT molecular complexity index is 994. The second kappa shape index (κ2) is 6.86. The Kier molecular flexibility index (Phi) is 4.63. The Morgan fingerprint density at radius 3 is 2.28 bits per heavy atom. The highest BCUT2D eigenvalue weighted by Crippen LogP contribution is 2.27. The lowest BCUT2D eigenvalue weighted by Crippen LogP contribution is -1.98. The van der Waals surface area contributed by atoms with Crippen LogP contribution in [0.4, 0.5) is 0 Å². The Labute approximate surface area is 145 Å². The van der Waals surface area contributed by atoms with Gasteiger partial charge < -0.3 is 4.74 Å². The summed E-state index contributed by atoms with van der Waals surface area (Å²) in [6.45, 7) is 0. The molecule has 0 radical (unpaired) electrons. The molecule has 25 heavy (non-hydrogen) atoms. The highest BCUT2D eigenvalue weighted by atomic mass is 32.2.